The maximum absolute atomic E-state index is 13.5. The molecule has 0 aromatic heterocycles. The highest BCUT2D eigenvalue weighted by atomic mass is 32.2. The van der Waals surface area contributed by atoms with Crippen LogP contribution in [0.2, 0.25) is 0 Å². The van der Waals surface area contributed by atoms with Crippen molar-refractivity contribution >= 4 is 52.2 Å². The molecule has 2 aliphatic rings. The third-order valence-electron chi connectivity index (χ3n) is 7.53. The first kappa shape index (κ1) is 33.9. The molecular weight excluding hydrogens is 645 g/mol. The van der Waals surface area contributed by atoms with Gasteiger partial charge in [0.15, 0.2) is 11.5 Å². The molecule has 13 heteroatoms. The summed E-state index contributed by atoms with van der Waals surface area (Å²) in [5.74, 6) is 0.0482. The van der Waals surface area contributed by atoms with E-state index in [1.165, 1.54) is 29.2 Å². The molecule has 246 valence electrons. The molecule has 0 atom stereocenters. The summed E-state index contributed by atoms with van der Waals surface area (Å²) in [6.07, 6.45) is 1.65. The Labute approximate surface area is 282 Å². The van der Waals surface area contributed by atoms with Crippen LogP contribution in [0, 0.1) is 0 Å². The fourth-order valence-corrected chi connectivity index (χ4v) is 6.28. The van der Waals surface area contributed by atoms with Gasteiger partial charge in [-0.25, -0.2) is 4.79 Å². The molecule has 0 saturated carbocycles. The molecule has 2 heterocycles. The molecule has 0 unspecified atom stereocenters. The minimum Gasteiger partial charge on any atom is -0.493 e. The maximum Gasteiger partial charge on any atom is 0.335 e. The number of amides is 1. The monoisotopic (exact) mass is 678 g/mol. The van der Waals surface area contributed by atoms with Crippen LogP contribution in [0.4, 0.5) is 0 Å². The summed E-state index contributed by atoms with van der Waals surface area (Å²) in [6.45, 7) is 4.32. The van der Waals surface area contributed by atoms with Gasteiger partial charge in [0.1, 0.15) is 22.4 Å². The van der Waals surface area contributed by atoms with Crippen molar-refractivity contribution in [2.75, 3.05) is 60.2 Å². The summed E-state index contributed by atoms with van der Waals surface area (Å²) in [4.78, 5) is 41.1. The van der Waals surface area contributed by atoms with Crippen LogP contribution in [0.15, 0.2) is 65.6 Å². The Bertz CT molecular complexity index is 1670. The number of nitrogens with zero attached hydrogens (tertiary/aromatic N) is 2. The van der Waals surface area contributed by atoms with E-state index in [1.54, 1.807) is 20.3 Å². The van der Waals surface area contributed by atoms with E-state index >= 15 is 0 Å². The first-order valence-electron chi connectivity index (χ1n) is 14.8. The fourth-order valence-electron chi connectivity index (χ4n) is 4.98. The van der Waals surface area contributed by atoms with E-state index in [0.717, 1.165) is 42.5 Å². The van der Waals surface area contributed by atoms with Gasteiger partial charge in [-0.1, -0.05) is 36.1 Å². The number of carbonyl (C=O) groups is 3. The lowest BCUT2D eigenvalue weighted by Gasteiger charge is -2.26. The van der Waals surface area contributed by atoms with Gasteiger partial charge in [-0.15, -0.1) is 0 Å². The fraction of sp³-hybridized carbons (Fsp3) is 0.294. The van der Waals surface area contributed by atoms with Crippen molar-refractivity contribution < 1.29 is 43.2 Å². The number of esters is 1. The Balaban J connectivity index is 1.32. The lowest BCUT2D eigenvalue weighted by atomic mass is 10.0. The van der Waals surface area contributed by atoms with Crippen LogP contribution in [0.3, 0.4) is 0 Å². The standard InChI is InChI=1S/C34H34N2O9S2/c1-41-28-10-6-24(20-29(28)42-2)23-5-9-27(44-18-15-35-13-16-43-17-14-35)25(19-23)21-30-32(38)36(34(46)47-30)12-11-31(37)45-26-7-3-22(4-8-26)33(39)40/h3-10,19-21H,11-18H2,1-2H3,(H,39,40)/b30-21-. The first-order chi connectivity index (χ1) is 22.7. The van der Waals surface area contributed by atoms with Crippen LogP contribution < -0.4 is 18.9 Å². The molecule has 47 heavy (non-hydrogen) atoms. The molecule has 0 radical (unpaired) electrons. The van der Waals surface area contributed by atoms with Gasteiger partial charge in [0.05, 0.1) is 44.3 Å². The molecule has 3 aromatic rings. The van der Waals surface area contributed by atoms with Gasteiger partial charge in [0, 0.05) is 31.7 Å². The Morgan fingerprint density at radius 3 is 2.30 bits per heavy atom. The summed E-state index contributed by atoms with van der Waals surface area (Å²) in [5.41, 5.74) is 2.55. The van der Waals surface area contributed by atoms with Gasteiger partial charge >= 0.3 is 11.9 Å². The Morgan fingerprint density at radius 2 is 1.62 bits per heavy atom. The molecule has 2 fully saturated rings. The third-order valence-corrected chi connectivity index (χ3v) is 8.91. The summed E-state index contributed by atoms with van der Waals surface area (Å²) in [5, 5.41) is 9.05. The van der Waals surface area contributed by atoms with E-state index in [2.05, 4.69) is 4.90 Å². The van der Waals surface area contributed by atoms with E-state index in [0.29, 0.717) is 51.9 Å². The van der Waals surface area contributed by atoms with Crippen LogP contribution in [-0.2, 0) is 14.3 Å². The minimum atomic E-state index is -1.08. The molecule has 1 amide bonds. The summed E-state index contributed by atoms with van der Waals surface area (Å²) < 4.78 is 28.2. The van der Waals surface area contributed by atoms with Crippen molar-refractivity contribution in [3.63, 3.8) is 0 Å². The largest absolute Gasteiger partial charge is 0.493 e. The molecule has 3 aromatic carbocycles. The first-order valence-corrected chi connectivity index (χ1v) is 16.1. The number of morpholine rings is 1. The number of hydrogen-bond acceptors (Lipinski definition) is 11. The number of ether oxygens (including phenoxy) is 5. The second-order valence-corrected chi connectivity index (χ2v) is 12.2. The van der Waals surface area contributed by atoms with Crippen molar-refractivity contribution in [2.45, 2.75) is 6.42 Å². The SMILES string of the molecule is COc1ccc(-c2ccc(OCCN3CCOCC3)c(/C=C3\SC(=S)N(CCC(=O)Oc4ccc(C(=O)O)cc4)C3=O)c2)cc1OC. The maximum atomic E-state index is 13.5. The molecule has 1 N–H and O–H groups in total. The van der Waals surface area contributed by atoms with Gasteiger partial charge in [0.2, 0.25) is 0 Å². The van der Waals surface area contributed by atoms with E-state index in [4.69, 9.17) is 41.0 Å². The van der Waals surface area contributed by atoms with Gasteiger partial charge in [-0.2, -0.15) is 0 Å². The lowest BCUT2D eigenvalue weighted by Crippen LogP contribution is -2.38. The summed E-state index contributed by atoms with van der Waals surface area (Å²) in [7, 11) is 3.16. The highest BCUT2D eigenvalue weighted by Gasteiger charge is 2.32. The third kappa shape index (κ3) is 8.69. The number of rotatable bonds is 13. The van der Waals surface area contributed by atoms with Crippen molar-refractivity contribution in [2.24, 2.45) is 0 Å². The zero-order chi connectivity index (χ0) is 33.3. The van der Waals surface area contributed by atoms with E-state index in [1.807, 2.05) is 36.4 Å². The van der Waals surface area contributed by atoms with Crippen molar-refractivity contribution in [1.29, 1.82) is 0 Å². The number of carbonyl (C=O) groups excluding carboxylic acids is 2. The number of thioether (sulfide) groups is 1. The van der Waals surface area contributed by atoms with Gasteiger partial charge < -0.3 is 28.8 Å². The topological polar surface area (TPSA) is 124 Å². The zero-order valence-corrected chi connectivity index (χ0v) is 27.6. The summed E-state index contributed by atoms with van der Waals surface area (Å²) in [6, 6.07) is 16.9. The quantitative estimate of drug-likeness (QED) is 0.114. The van der Waals surface area contributed by atoms with E-state index in [9.17, 15) is 14.4 Å². The average molecular weight is 679 g/mol. The smallest absolute Gasteiger partial charge is 0.335 e. The lowest BCUT2D eigenvalue weighted by molar-refractivity contribution is -0.134. The van der Waals surface area contributed by atoms with Crippen LogP contribution in [0.5, 0.6) is 23.0 Å². The molecule has 2 aliphatic heterocycles. The minimum absolute atomic E-state index is 0.0304. The highest BCUT2D eigenvalue weighted by Crippen LogP contribution is 2.37. The Morgan fingerprint density at radius 1 is 0.936 bits per heavy atom. The number of methoxy groups -OCH3 is 2. The molecule has 5 rings (SSSR count). The number of carboxylic acids is 1. The number of carboxylic acid groups (broad SMARTS) is 1. The Kier molecular flexibility index (Phi) is 11.5. The van der Waals surface area contributed by atoms with Gasteiger partial charge in [0.25, 0.3) is 5.91 Å². The second-order valence-electron chi connectivity index (χ2n) is 10.5. The molecule has 0 aliphatic carbocycles. The average Bonchev–Trinajstić information content (AvgIpc) is 3.35. The van der Waals surface area contributed by atoms with Crippen LogP contribution in [0.1, 0.15) is 22.3 Å². The van der Waals surface area contributed by atoms with Crippen molar-refractivity contribution in [1.82, 2.24) is 9.80 Å². The number of hydrogen-bond donors (Lipinski definition) is 1. The molecule has 0 bridgehead atoms. The van der Waals surface area contributed by atoms with Crippen LogP contribution in [-0.4, -0.2) is 97.3 Å². The Hall–Kier alpha value is -4.43. The predicted molar refractivity (Wildman–Crippen MR) is 181 cm³/mol. The normalized spacial score (nSPS) is 16.0. The molecule has 0 spiro atoms. The van der Waals surface area contributed by atoms with Crippen molar-refractivity contribution in [3.8, 4) is 34.1 Å². The highest BCUT2D eigenvalue weighted by molar-refractivity contribution is 8.26. The molecule has 2 saturated heterocycles. The molecule has 11 nitrogen and oxygen atoms in total. The molecular formula is C34H34N2O9S2. The number of benzene rings is 3. The summed E-state index contributed by atoms with van der Waals surface area (Å²) >= 11 is 6.66. The number of aromatic carboxylic acids is 1. The van der Waals surface area contributed by atoms with Crippen LogP contribution in [0.25, 0.3) is 17.2 Å². The van der Waals surface area contributed by atoms with E-state index in [-0.39, 0.29) is 30.2 Å². The number of thiocarbonyl (C=S) groups is 1. The van der Waals surface area contributed by atoms with E-state index < -0.39 is 11.9 Å². The predicted octanol–water partition coefficient (Wildman–Crippen LogP) is 4.98. The van der Waals surface area contributed by atoms with Gasteiger partial charge in [-0.05, 0) is 65.7 Å². The second kappa shape index (κ2) is 15.9. The van der Waals surface area contributed by atoms with Crippen LogP contribution >= 0.6 is 24.0 Å². The zero-order valence-electron chi connectivity index (χ0n) is 25.9. The van der Waals surface area contributed by atoms with Gasteiger partial charge in [-0.3, -0.25) is 19.4 Å². The van der Waals surface area contributed by atoms with Crippen molar-refractivity contribution in [3.05, 3.63) is 76.7 Å².